The highest BCUT2D eigenvalue weighted by atomic mass is 16.5. The van der Waals surface area contributed by atoms with Gasteiger partial charge in [-0.05, 0) is 43.5 Å². The Morgan fingerprint density at radius 2 is 1.70 bits per heavy atom. The van der Waals surface area contributed by atoms with E-state index in [1.54, 1.807) is 0 Å². The number of benzene rings is 1. The van der Waals surface area contributed by atoms with E-state index in [1.165, 1.54) is 11.1 Å². The molecule has 0 unspecified atom stereocenters. The lowest BCUT2D eigenvalue weighted by Gasteiger charge is -2.29. The van der Waals surface area contributed by atoms with Gasteiger partial charge in [0.25, 0.3) is 0 Å². The zero-order valence-electron chi connectivity index (χ0n) is 12.6. The third-order valence-corrected chi connectivity index (χ3v) is 3.53. The Labute approximate surface area is 120 Å². The molecule has 0 fully saturated rings. The summed E-state index contributed by atoms with van der Waals surface area (Å²) in [4.78, 5) is 13.7. The lowest BCUT2D eigenvalue weighted by molar-refractivity contribution is -0.131. The molecule has 0 saturated carbocycles. The third kappa shape index (κ3) is 3.06. The summed E-state index contributed by atoms with van der Waals surface area (Å²) in [6.07, 6.45) is 1.44. The van der Waals surface area contributed by atoms with Crippen LogP contribution in [-0.4, -0.2) is 30.6 Å². The fourth-order valence-corrected chi connectivity index (χ4v) is 2.54. The summed E-state index contributed by atoms with van der Waals surface area (Å²) in [5.74, 6) is 1.80. The summed E-state index contributed by atoms with van der Waals surface area (Å²) < 4.78 is 11.3. The number of amides is 1. The number of ether oxygens (including phenoxy) is 2. The van der Waals surface area contributed by atoms with E-state index < -0.39 is 0 Å². The fraction of sp³-hybridized carbons (Fsp3) is 0.562. The predicted molar refractivity (Wildman–Crippen MR) is 78.2 cm³/mol. The van der Waals surface area contributed by atoms with E-state index in [0.717, 1.165) is 24.5 Å². The molecule has 0 radical (unpaired) electrons. The number of carbonyl (C=O) groups excluding carboxylic acids is 1. The Balaban J connectivity index is 2.27. The molecule has 4 heteroatoms. The SMILES string of the molecule is CCOc1cc2c(cc1OCC)CN(C(=O)CC)CC2. The second-order valence-corrected chi connectivity index (χ2v) is 4.85. The molecule has 1 heterocycles. The van der Waals surface area contributed by atoms with Gasteiger partial charge in [0.15, 0.2) is 11.5 Å². The van der Waals surface area contributed by atoms with Crippen molar-refractivity contribution in [3.63, 3.8) is 0 Å². The Hall–Kier alpha value is -1.71. The van der Waals surface area contributed by atoms with Gasteiger partial charge in [-0.3, -0.25) is 4.79 Å². The second kappa shape index (κ2) is 6.64. The third-order valence-electron chi connectivity index (χ3n) is 3.53. The summed E-state index contributed by atoms with van der Waals surface area (Å²) >= 11 is 0. The molecule has 0 saturated heterocycles. The van der Waals surface area contributed by atoms with Crippen molar-refractivity contribution in [1.29, 1.82) is 0 Å². The number of hydrogen-bond donors (Lipinski definition) is 0. The minimum absolute atomic E-state index is 0.211. The molecule has 1 amide bonds. The number of carbonyl (C=O) groups is 1. The van der Waals surface area contributed by atoms with Crippen LogP contribution >= 0.6 is 0 Å². The summed E-state index contributed by atoms with van der Waals surface area (Å²) in [6, 6.07) is 4.09. The van der Waals surface area contributed by atoms with Gasteiger partial charge in [0, 0.05) is 19.5 Å². The normalized spacial score (nSPS) is 13.8. The van der Waals surface area contributed by atoms with Gasteiger partial charge in [-0.1, -0.05) is 6.92 Å². The van der Waals surface area contributed by atoms with E-state index in [2.05, 4.69) is 6.07 Å². The molecule has 2 rings (SSSR count). The van der Waals surface area contributed by atoms with E-state index in [9.17, 15) is 4.79 Å². The van der Waals surface area contributed by atoms with E-state index in [-0.39, 0.29) is 5.91 Å². The summed E-state index contributed by atoms with van der Waals surface area (Å²) in [6.45, 7) is 8.53. The molecule has 1 aliphatic heterocycles. The largest absolute Gasteiger partial charge is 0.490 e. The van der Waals surface area contributed by atoms with Crippen LogP contribution in [0.5, 0.6) is 11.5 Å². The van der Waals surface area contributed by atoms with Crippen molar-refractivity contribution in [3.05, 3.63) is 23.3 Å². The first-order valence-corrected chi connectivity index (χ1v) is 7.38. The lowest BCUT2D eigenvalue weighted by Crippen LogP contribution is -2.35. The molecule has 0 aliphatic carbocycles. The second-order valence-electron chi connectivity index (χ2n) is 4.85. The average Bonchev–Trinajstić information content (AvgIpc) is 2.47. The van der Waals surface area contributed by atoms with Crippen molar-refractivity contribution in [2.75, 3.05) is 19.8 Å². The summed E-state index contributed by atoms with van der Waals surface area (Å²) in [7, 11) is 0. The molecule has 110 valence electrons. The predicted octanol–water partition coefficient (Wildman–Crippen LogP) is 2.78. The number of rotatable bonds is 5. The fourth-order valence-electron chi connectivity index (χ4n) is 2.54. The smallest absolute Gasteiger partial charge is 0.222 e. The molecule has 20 heavy (non-hydrogen) atoms. The Kier molecular flexibility index (Phi) is 4.88. The van der Waals surface area contributed by atoms with Crippen LogP contribution in [0.2, 0.25) is 0 Å². The maximum absolute atomic E-state index is 11.8. The number of hydrogen-bond acceptors (Lipinski definition) is 3. The van der Waals surface area contributed by atoms with Gasteiger partial charge in [0.1, 0.15) is 0 Å². The standard InChI is InChI=1S/C16H23NO3/c1-4-16(18)17-8-7-12-9-14(19-5-2)15(20-6-3)10-13(12)11-17/h9-10H,4-8,11H2,1-3H3. The topological polar surface area (TPSA) is 38.8 Å². The van der Waals surface area contributed by atoms with Crippen LogP contribution in [0.15, 0.2) is 12.1 Å². The van der Waals surface area contributed by atoms with Crippen molar-refractivity contribution < 1.29 is 14.3 Å². The maximum atomic E-state index is 11.8. The van der Waals surface area contributed by atoms with E-state index >= 15 is 0 Å². The zero-order chi connectivity index (χ0) is 14.5. The zero-order valence-corrected chi connectivity index (χ0v) is 12.6. The van der Waals surface area contributed by atoms with Crippen molar-refractivity contribution in [3.8, 4) is 11.5 Å². The molecule has 0 N–H and O–H groups in total. The van der Waals surface area contributed by atoms with Gasteiger partial charge < -0.3 is 14.4 Å². The van der Waals surface area contributed by atoms with Crippen LogP contribution < -0.4 is 9.47 Å². The first kappa shape index (κ1) is 14.7. The van der Waals surface area contributed by atoms with Crippen LogP contribution in [0.3, 0.4) is 0 Å². The number of fused-ring (bicyclic) bond motifs is 1. The molecular formula is C16H23NO3. The van der Waals surface area contributed by atoms with Gasteiger partial charge in [-0.15, -0.1) is 0 Å². The molecule has 1 aliphatic rings. The van der Waals surface area contributed by atoms with Crippen LogP contribution in [0, 0.1) is 0 Å². The van der Waals surface area contributed by atoms with Gasteiger partial charge in [0.2, 0.25) is 5.91 Å². The maximum Gasteiger partial charge on any atom is 0.222 e. The Morgan fingerprint density at radius 1 is 1.10 bits per heavy atom. The van der Waals surface area contributed by atoms with Crippen LogP contribution in [0.1, 0.15) is 38.3 Å². The summed E-state index contributed by atoms with van der Waals surface area (Å²) in [5, 5.41) is 0. The quantitative estimate of drug-likeness (QED) is 0.830. The van der Waals surface area contributed by atoms with Crippen LogP contribution in [0.25, 0.3) is 0 Å². The Bertz CT molecular complexity index is 485. The lowest BCUT2D eigenvalue weighted by atomic mass is 9.98. The first-order chi connectivity index (χ1) is 9.69. The first-order valence-electron chi connectivity index (χ1n) is 7.38. The molecule has 4 nitrogen and oxygen atoms in total. The molecule has 0 bridgehead atoms. The molecule has 1 aromatic carbocycles. The Morgan fingerprint density at radius 3 is 2.25 bits per heavy atom. The van der Waals surface area contributed by atoms with Crippen LogP contribution in [-0.2, 0) is 17.8 Å². The van der Waals surface area contributed by atoms with Gasteiger partial charge in [-0.2, -0.15) is 0 Å². The highest BCUT2D eigenvalue weighted by molar-refractivity contribution is 5.76. The van der Waals surface area contributed by atoms with Crippen molar-refractivity contribution in [1.82, 2.24) is 4.90 Å². The molecule has 1 aromatic rings. The summed E-state index contributed by atoms with van der Waals surface area (Å²) in [5.41, 5.74) is 2.43. The number of nitrogens with zero attached hydrogens (tertiary/aromatic N) is 1. The van der Waals surface area contributed by atoms with Crippen molar-refractivity contribution in [2.24, 2.45) is 0 Å². The van der Waals surface area contributed by atoms with E-state index in [0.29, 0.717) is 26.2 Å². The highest BCUT2D eigenvalue weighted by Crippen LogP contribution is 2.33. The minimum Gasteiger partial charge on any atom is -0.490 e. The minimum atomic E-state index is 0.211. The van der Waals surface area contributed by atoms with Gasteiger partial charge in [0.05, 0.1) is 13.2 Å². The van der Waals surface area contributed by atoms with E-state index in [1.807, 2.05) is 31.7 Å². The molecule has 0 spiro atoms. The van der Waals surface area contributed by atoms with Gasteiger partial charge >= 0.3 is 0 Å². The van der Waals surface area contributed by atoms with E-state index in [4.69, 9.17) is 9.47 Å². The van der Waals surface area contributed by atoms with Crippen molar-refractivity contribution >= 4 is 5.91 Å². The molecular weight excluding hydrogens is 254 g/mol. The average molecular weight is 277 g/mol. The highest BCUT2D eigenvalue weighted by Gasteiger charge is 2.21. The monoisotopic (exact) mass is 277 g/mol. The molecule has 0 atom stereocenters. The van der Waals surface area contributed by atoms with Gasteiger partial charge in [-0.25, -0.2) is 0 Å². The molecule has 0 aromatic heterocycles. The van der Waals surface area contributed by atoms with Crippen molar-refractivity contribution in [2.45, 2.75) is 40.2 Å². The van der Waals surface area contributed by atoms with Crippen LogP contribution in [0.4, 0.5) is 0 Å².